The average Bonchev–Trinajstić information content (AvgIpc) is 2.18. The Labute approximate surface area is 102 Å². The summed E-state index contributed by atoms with van der Waals surface area (Å²) in [6.07, 6.45) is 1.52. The lowest BCUT2D eigenvalue weighted by molar-refractivity contribution is 0.828. The lowest BCUT2D eigenvalue weighted by atomic mass is 10.3. The summed E-state index contributed by atoms with van der Waals surface area (Å²) in [5.74, 6) is 0. The van der Waals surface area contributed by atoms with Crippen LogP contribution in [0.25, 0.3) is 11.0 Å². The van der Waals surface area contributed by atoms with Crippen LogP contribution >= 0.6 is 34.2 Å². The van der Waals surface area contributed by atoms with Gasteiger partial charge in [-0.25, -0.2) is 9.78 Å². The Morgan fingerprint density at radius 3 is 2.87 bits per heavy atom. The first-order valence-electron chi connectivity index (χ1n) is 3.95. The number of aryl methyl sites for hydroxylation is 1. The lowest BCUT2D eigenvalue weighted by Gasteiger charge is -2.04. The van der Waals surface area contributed by atoms with Crippen LogP contribution in [0.15, 0.2) is 15.8 Å². The quantitative estimate of drug-likeness (QED) is 0.726. The molecule has 1 N–H and O–H groups in total. The summed E-state index contributed by atoms with van der Waals surface area (Å²) in [7, 11) is 1.52. The van der Waals surface area contributed by atoms with Crippen molar-refractivity contribution in [1.82, 2.24) is 14.5 Å². The van der Waals surface area contributed by atoms with Crippen LogP contribution in [0.3, 0.4) is 0 Å². The molecule has 78 valence electrons. The largest absolute Gasteiger partial charge is 0.329 e. The van der Waals surface area contributed by atoms with Gasteiger partial charge in [-0.05, 0) is 22.6 Å². The van der Waals surface area contributed by atoms with E-state index in [2.05, 4.69) is 9.97 Å². The number of nitrogens with one attached hydrogen (secondary N) is 1. The van der Waals surface area contributed by atoms with Gasteiger partial charge in [0.25, 0.3) is 5.56 Å². The molecular weight excluding hydrogens is 332 g/mol. The van der Waals surface area contributed by atoms with Gasteiger partial charge in [-0.3, -0.25) is 14.3 Å². The van der Waals surface area contributed by atoms with Crippen LogP contribution in [0.2, 0.25) is 5.02 Å². The molecule has 0 bridgehead atoms. The zero-order valence-corrected chi connectivity index (χ0v) is 10.5. The summed E-state index contributed by atoms with van der Waals surface area (Å²) >= 11 is 7.95. The van der Waals surface area contributed by atoms with Crippen LogP contribution in [-0.2, 0) is 7.05 Å². The topological polar surface area (TPSA) is 67.8 Å². The van der Waals surface area contributed by atoms with Gasteiger partial charge in [0.2, 0.25) is 0 Å². The fraction of sp³-hybridized carbons (Fsp3) is 0.125. The first-order chi connectivity index (χ1) is 7.02. The summed E-state index contributed by atoms with van der Waals surface area (Å²) in [5.41, 5.74) is -0.726. The van der Waals surface area contributed by atoms with Crippen molar-refractivity contribution in [3.8, 4) is 0 Å². The fourth-order valence-electron chi connectivity index (χ4n) is 1.25. The fourth-order valence-corrected chi connectivity index (χ4v) is 1.88. The number of H-pyrrole nitrogens is 1. The number of aromatic amines is 1. The molecule has 0 aliphatic carbocycles. The van der Waals surface area contributed by atoms with Gasteiger partial charge in [-0.1, -0.05) is 11.6 Å². The van der Waals surface area contributed by atoms with E-state index in [-0.39, 0.29) is 11.0 Å². The lowest BCUT2D eigenvalue weighted by Crippen LogP contribution is -2.29. The summed E-state index contributed by atoms with van der Waals surface area (Å²) in [4.78, 5) is 29.0. The molecule has 2 heterocycles. The predicted molar refractivity (Wildman–Crippen MR) is 65.3 cm³/mol. The highest BCUT2D eigenvalue weighted by Gasteiger charge is 2.11. The molecule has 7 heteroatoms. The van der Waals surface area contributed by atoms with Crippen LogP contribution in [0.5, 0.6) is 0 Å². The van der Waals surface area contributed by atoms with Gasteiger partial charge in [0.15, 0.2) is 5.65 Å². The van der Waals surface area contributed by atoms with Crippen molar-refractivity contribution >= 4 is 45.2 Å². The Kier molecular flexibility index (Phi) is 2.55. The third-order valence-electron chi connectivity index (χ3n) is 2.02. The Bertz CT molecular complexity index is 661. The molecule has 0 saturated carbocycles. The van der Waals surface area contributed by atoms with Crippen molar-refractivity contribution < 1.29 is 0 Å². The number of hydrogen-bond acceptors (Lipinski definition) is 3. The van der Waals surface area contributed by atoms with Crippen LogP contribution in [0.4, 0.5) is 0 Å². The monoisotopic (exact) mass is 337 g/mol. The van der Waals surface area contributed by atoms with Crippen molar-refractivity contribution in [1.29, 1.82) is 0 Å². The first kappa shape index (κ1) is 10.6. The second-order valence-corrected chi connectivity index (χ2v) is 4.48. The molecule has 5 nitrogen and oxygen atoms in total. The minimum Gasteiger partial charge on any atom is -0.281 e. The third kappa shape index (κ3) is 1.57. The molecule has 0 radical (unpaired) electrons. The van der Waals surface area contributed by atoms with E-state index in [0.717, 1.165) is 0 Å². The van der Waals surface area contributed by atoms with E-state index in [1.54, 1.807) is 0 Å². The third-order valence-corrected chi connectivity index (χ3v) is 3.55. The number of rotatable bonds is 0. The van der Waals surface area contributed by atoms with Crippen molar-refractivity contribution in [2.45, 2.75) is 0 Å². The second kappa shape index (κ2) is 3.60. The highest BCUT2D eigenvalue weighted by molar-refractivity contribution is 14.1. The van der Waals surface area contributed by atoms with E-state index in [9.17, 15) is 9.59 Å². The Hall–Kier alpha value is -0.890. The minimum absolute atomic E-state index is 0.241. The van der Waals surface area contributed by atoms with E-state index in [1.807, 2.05) is 22.6 Å². The zero-order valence-electron chi connectivity index (χ0n) is 7.54. The standard InChI is InChI=1S/C8H5ClIN3O2/c1-13-6-4(7(14)12-8(13)15)5(9)3(10)2-11-6/h2H,1H3,(H,12,14,15). The van der Waals surface area contributed by atoms with E-state index in [4.69, 9.17) is 11.6 Å². The molecule has 2 rings (SSSR count). The SMILES string of the molecule is Cn1c(=O)[nH]c(=O)c2c(Cl)c(I)cnc21. The van der Waals surface area contributed by atoms with Crippen molar-refractivity contribution in [2.75, 3.05) is 0 Å². The molecule has 0 aliphatic heterocycles. The van der Waals surface area contributed by atoms with E-state index < -0.39 is 11.2 Å². The second-order valence-electron chi connectivity index (χ2n) is 2.94. The van der Waals surface area contributed by atoms with Crippen LogP contribution in [-0.4, -0.2) is 14.5 Å². The van der Waals surface area contributed by atoms with Gasteiger partial charge in [-0.2, -0.15) is 0 Å². The molecule has 0 spiro atoms. The molecule has 2 aromatic rings. The number of aromatic nitrogens is 3. The van der Waals surface area contributed by atoms with Crippen LogP contribution in [0.1, 0.15) is 0 Å². The summed E-state index contributed by atoms with van der Waals surface area (Å²) in [5, 5.41) is 0.558. The minimum atomic E-state index is -0.510. The highest BCUT2D eigenvalue weighted by Crippen LogP contribution is 2.22. The predicted octanol–water partition coefficient (Wildman–Crippen LogP) is 0.880. The summed E-state index contributed by atoms with van der Waals surface area (Å²) < 4.78 is 1.92. The van der Waals surface area contributed by atoms with E-state index in [0.29, 0.717) is 8.59 Å². The maximum Gasteiger partial charge on any atom is 0.329 e. The molecule has 0 unspecified atom stereocenters. The maximum atomic E-state index is 11.5. The van der Waals surface area contributed by atoms with Gasteiger partial charge >= 0.3 is 5.69 Å². The Morgan fingerprint density at radius 2 is 2.20 bits per heavy atom. The summed E-state index contributed by atoms with van der Waals surface area (Å²) in [6, 6.07) is 0. The van der Waals surface area contributed by atoms with Crippen LogP contribution in [0, 0.1) is 3.57 Å². The first-order valence-corrected chi connectivity index (χ1v) is 5.41. The van der Waals surface area contributed by atoms with Crippen molar-refractivity contribution in [3.05, 3.63) is 35.6 Å². The maximum absolute atomic E-state index is 11.5. The Balaban J connectivity index is 3.17. The number of halogens is 2. The number of pyridine rings is 1. The Morgan fingerprint density at radius 1 is 1.53 bits per heavy atom. The number of nitrogens with zero attached hydrogens (tertiary/aromatic N) is 2. The van der Waals surface area contributed by atoms with Gasteiger partial charge in [0.05, 0.1) is 8.59 Å². The summed E-state index contributed by atoms with van der Waals surface area (Å²) in [6.45, 7) is 0. The van der Waals surface area contributed by atoms with Gasteiger partial charge in [0.1, 0.15) is 5.39 Å². The highest BCUT2D eigenvalue weighted by atomic mass is 127. The number of fused-ring (bicyclic) bond motifs is 1. The smallest absolute Gasteiger partial charge is 0.281 e. The molecule has 0 aliphatic rings. The number of hydrogen-bond donors (Lipinski definition) is 1. The average molecular weight is 338 g/mol. The molecule has 0 atom stereocenters. The molecule has 2 aromatic heterocycles. The van der Waals surface area contributed by atoms with E-state index >= 15 is 0 Å². The molecule has 0 saturated heterocycles. The molecular formula is C8H5ClIN3O2. The van der Waals surface area contributed by atoms with E-state index in [1.165, 1.54) is 17.8 Å². The van der Waals surface area contributed by atoms with Crippen molar-refractivity contribution in [3.63, 3.8) is 0 Å². The van der Waals surface area contributed by atoms with Gasteiger partial charge in [0, 0.05) is 13.2 Å². The molecule has 0 fully saturated rings. The van der Waals surface area contributed by atoms with Gasteiger partial charge in [-0.15, -0.1) is 0 Å². The normalized spacial score (nSPS) is 10.9. The van der Waals surface area contributed by atoms with Crippen LogP contribution < -0.4 is 11.2 Å². The van der Waals surface area contributed by atoms with Crippen molar-refractivity contribution in [2.24, 2.45) is 7.05 Å². The molecule has 0 aromatic carbocycles. The van der Waals surface area contributed by atoms with Gasteiger partial charge < -0.3 is 0 Å². The zero-order chi connectivity index (χ0) is 11.2. The molecule has 15 heavy (non-hydrogen) atoms. The molecule has 0 amide bonds.